The molecule has 124 valence electrons. The highest BCUT2D eigenvalue weighted by molar-refractivity contribution is 9.10. The fourth-order valence-corrected chi connectivity index (χ4v) is 3.10. The van der Waals surface area contributed by atoms with E-state index < -0.39 is 0 Å². The van der Waals surface area contributed by atoms with Crippen LogP contribution in [0.4, 0.5) is 0 Å². The summed E-state index contributed by atoms with van der Waals surface area (Å²) in [6.07, 6.45) is 0. The number of hydrogen-bond donors (Lipinski definition) is 1. The third-order valence-electron chi connectivity index (χ3n) is 3.51. The second kappa shape index (κ2) is 8.31. The molecule has 1 unspecified atom stereocenters. The fourth-order valence-electron chi connectivity index (χ4n) is 2.50. The van der Waals surface area contributed by atoms with E-state index in [0.29, 0.717) is 18.2 Å². The van der Waals surface area contributed by atoms with Crippen molar-refractivity contribution >= 4 is 32.6 Å². The van der Waals surface area contributed by atoms with Gasteiger partial charge in [0, 0.05) is 13.1 Å². The number of ether oxygens (including phenoxy) is 1. The van der Waals surface area contributed by atoms with E-state index in [9.17, 15) is 4.79 Å². The van der Waals surface area contributed by atoms with Crippen molar-refractivity contribution in [1.82, 2.24) is 10.2 Å². The van der Waals surface area contributed by atoms with Crippen molar-refractivity contribution in [3.05, 3.63) is 40.9 Å². The van der Waals surface area contributed by atoms with E-state index >= 15 is 0 Å². The van der Waals surface area contributed by atoms with E-state index in [1.165, 1.54) is 0 Å². The van der Waals surface area contributed by atoms with E-state index in [0.717, 1.165) is 21.8 Å². The number of nitrogens with one attached hydrogen (secondary N) is 1. The van der Waals surface area contributed by atoms with Gasteiger partial charge in [0.15, 0.2) is 6.61 Å². The molecule has 2 aromatic rings. The van der Waals surface area contributed by atoms with Gasteiger partial charge in [-0.05, 0) is 52.8 Å². The molecule has 5 heteroatoms. The Kier molecular flexibility index (Phi) is 6.42. The minimum Gasteiger partial charge on any atom is -0.483 e. The monoisotopic (exact) mass is 378 g/mol. The summed E-state index contributed by atoms with van der Waals surface area (Å²) in [4.78, 5) is 14.0. The van der Waals surface area contributed by atoms with Gasteiger partial charge in [-0.3, -0.25) is 4.79 Å². The van der Waals surface area contributed by atoms with E-state index in [4.69, 9.17) is 4.74 Å². The predicted octanol–water partition coefficient (Wildman–Crippen LogP) is 3.30. The highest BCUT2D eigenvalue weighted by atomic mass is 79.9. The summed E-state index contributed by atoms with van der Waals surface area (Å²) in [6.45, 7) is 3.73. The summed E-state index contributed by atoms with van der Waals surface area (Å²) in [6, 6.07) is 11.9. The molecule has 2 aromatic carbocycles. The molecular weight excluding hydrogens is 356 g/mol. The molecule has 0 heterocycles. The van der Waals surface area contributed by atoms with Crippen molar-refractivity contribution < 1.29 is 9.53 Å². The van der Waals surface area contributed by atoms with Crippen molar-refractivity contribution in [2.75, 3.05) is 33.8 Å². The first kappa shape index (κ1) is 17.8. The van der Waals surface area contributed by atoms with Crippen molar-refractivity contribution in [2.45, 2.75) is 6.92 Å². The van der Waals surface area contributed by atoms with Crippen LogP contribution in [0.3, 0.4) is 0 Å². The van der Waals surface area contributed by atoms with Crippen molar-refractivity contribution in [3.8, 4) is 5.75 Å². The Labute approximate surface area is 145 Å². The molecule has 0 bridgehead atoms. The lowest BCUT2D eigenvalue weighted by atomic mass is 10.1. The van der Waals surface area contributed by atoms with Gasteiger partial charge in [-0.25, -0.2) is 0 Å². The number of amides is 1. The van der Waals surface area contributed by atoms with E-state index in [2.05, 4.69) is 33.1 Å². The van der Waals surface area contributed by atoms with Crippen LogP contribution in [0.15, 0.2) is 40.9 Å². The number of fused-ring (bicyclic) bond motifs is 1. The first-order valence-electron chi connectivity index (χ1n) is 7.69. The number of benzene rings is 2. The van der Waals surface area contributed by atoms with E-state index in [-0.39, 0.29) is 12.5 Å². The van der Waals surface area contributed by atoms with Crippen LogP contribution in [-0.2, 0) is 4.79 Å². The standard InChI is InChI=1S/C18H23BrN2O2/c1-13(11-21(2)3)10-20-17(22)12-23-16-9-8-14-6-4-5-7-15(14)18(16)19/h4-9,13H,10-12H2,1-3H3,(H,20,22). The maximum absolute atomic E-state index is 11.9. The smallest absolute Gasteiger partial charge is 0.257 e. The first-order valence-corrected chi connectivity index (χ1v) is 8.48. The normalized spacial score (nSPS) is 12.4. The Hall–Kier alpha value is -1.59. The number of nitrogens with zero attached hydrogens (tertiary/aromatic N) is 1. The van der Waals surface area contributed by atoms with Crippen LogP contribution in [0.1, 0.15) is 6.92 Å². The van der Waals surface area contributed by atoms with Gasteiger partial charge in [0.05, 0.1) is 4.47 Å². The molecule has 0 radical (unpaired) electrons. The Morgan fingerprint density at radius 1 is 1.26 bits per heavy atom. The van der Waals surface area contributed by atoms with Crippen molar-refractivity contribution in [2.24, 2.45) is 5.92 Å². The molecule has 0 saturated heterocycles. The Morgan fingerprint density at radius 3 is 2.74 bits per heavy atom. The summed E-state index contributed by atoms with van der Waals surface area (Å²) < 4.78 is 6.53. The lowest BCUT2D eigenvalue weighted by Gasteiger charge is -2.17. The van der Waals surface area contributed by atoms with Gasteiger partial charge in [0.25, 0.3) is 5.91 Å². The molecule has 1 N–H and O–H groups in total. The van der Waals surface area contributed by atoms with Gasteiger partial charge in [0.1, 0.15) is 5.75 Å². The highest BCUT2D eigenvalue weighted by Crippen LogP contribution is 2.32. The summed E-state index contributed by atoms with van der Waals surface area (Å²) in [5, 5.41) is 5.12. The summed E-state index contributed by atoms with van der Waals surface area (Å²) >= 11 is 3.56. The summed E-state index contributed by atoms with van der Waals surface area (Å²) in [5.74, 6) is 0.984. The largest absolute Gasteiger partial charge is 0.483 e. The lowest BCUT2D eigenvalue weighted by Crippen LogP contribution is -2.35. The minimum atomic E-state index is -0.101. The summed E-state index contributed by atoms with van der Waals surface area (Å²) in [5.41, 5.74) is 0. The molecule has 1 amide bonds. The minimum absolute atomic E-state index is 0.0195. The highest BCUT2D eigenvalue weighted by Gasteiger charge is 2.10. The van der Waals surface area contributed by atoms with Gasteiger partial charge in [-0.1, -0.05) is 37.3 Å². The predicted molar refractivity (Wildman–Crippen MR) is 97.9 cm³/mol. The zero-order valence-electron chi connectivity index (χ0n) is 13.8. The maximum atomic E-state index is 11.9. The molecule has 1 atom stereocenters. The van der Waals surface area contributed by atoms with Crippen molar-refractivity contribution in [3.63, 3.8) is 0 Å². The molecule has 0 saturated carbocycles. The fraction of sp³-hybridized carbons (Fsp3) is 0.389. The quantitative estimate of drug-likeness (QED) is 0.803. The SMILES string of the molecule is CC(CNC(=O)COc1ccc2ccccc2c1Br)CN(C)C. The third-order valence-corrected chi connectivity index (χ3v) is 4.33. The topological polar surface area (TPSA) is 41.6 Å². The average Bonchev–Trinajstić information content (AvgIpc) is 2.52. The molecule has 0 aliphatic carbocycles. The number of carbonyl (C=O) groups excluding carboxylic acids is 1. The lowest BCUT2D eigenvalue weighted by molar-refractivity contribution is -0.123. The molecule has 23 heavy (non-hydrogen) atoms. The van der Waals surface area contributed by atoms with Crippen LogP contribution in [0.2, 0.25) is 0 Å². The second-order valence-electron chi connectivity index (χ2n) is 6.06. The van der Waals surface area contributed by atoms with Crippen LogP contribution in [0.25, 0.3) is 10.8 Å². The zero-order chi connectivity index (χ0) is 16.8. The zero-order valence-corrected chi connectivity index (χ0v) is 15.4. The van der Waals surface area contributed by atoms with Crippen LogP contribution in [0, 0.1) is 5.92 Å². The molecule has 0 spiro atoms. The van der Waals surface area contributed by atoms with Crippen molar-refractivity contribution in [1.29, 1.82) is 0 Å². The number of hydrogen-bond acceptors (Lipinski definition) is 3. The molecular formula is C18H23BrN2O2. The Bertz CT molecular complexity index is 673. The van der Waals surface area contributed by atoms with Crippen LogP contribution >= 0.6 is 15.9 Å². The van der Waals surface area contributed by atoms with Crippen LogP contribution in [-0.4, -0.2) is 44.6 Å². The second-order valence-corrected chi connectivity index (χ2v) is 6.85. The van der Waals surface area contributed by atoms with Gasteiger partial charge in [-0.15, -0.1) is 0 Å². The molecule has 0 aromatic heterocycles. The van der Waals surface area contributed by atoms with Crippen LogP contribution < -0.4 is 10.1 Å². The van der Waals surface area contributed by atoms with Crippen LogP contribution in [0.5, 0.6) is 5.75 Å². The van der Waals surface area contributed by atoms with Gasteiger partial charge in [-0.2, -0.15) is 0 Å². The average molecular weight is 379 g/mol. The Balaban J connectivity index is 1.88. The maximum Gasteiger partial charge on any atom is 0.257 e. The third kappa shape index (κ3) is 5.22. The first-order chi connectivity index (χ1) is 11.0. The molecule has 4 nitrogen and oxygen atoms in total. The molecule has 0 aliphatic rings. The van der Waals surface area contributed by atoms with E-state index in [1.54, 1.807) is 0 Å². The van der Waals surface area contributed by atoms with Gasteiger partial charge < -0.3 is 15.0 Å². The van der Waals surface area contributed by atoms with Gasteiger partial charge in [0.2, 0.25) is 0 Å². The number of rotatable bonds is 7. The number of halogens is 1. The summed E-state index contributed by atoms with van der Waals surface area (Å²) in [7, 11) is 4.05. The molecule has 0 aliphatic heterocycles. The Morgan fingerprint density at radius 2 is 2.00 bits per heavy atom. The molecule has 0 fully saturated rings. The van der Waals surface area contributed by atoms with Gasteiger partial charge >= 0.3 is 0 Å². The molecule has 2 rings (SSSR count). The number of carbonyl (C=O) groups is 1. The van der Waals surface area contributed by atoms with E-state index in [1.807, 2.05) is 50.5 Å².